The molecule has 0 bridgehead atoms. The van der Waals surface area contributed by atoms with Crippen LogP contribution in [0, 0.1) is 18.3 Å². The number of aliphatic imine (C=N–C) groups is 1. The number of nitrogens with two attached hydrogens (primary N) is 1. The Hall–Kier alpha value is -2.76. The van der Waals surface area contributed by atoms with E-state index in [1.807, 2.05) is 25.1 Å². The molecule has 1 aromatic heterocycles. The zero-order valence-electron chi connectivity index (χ0n) is 16.0. The van der Waals surface area contributed by atoms with Crippen LogP contribution in [-0.4, -0.2) is 28.8 Å². The van der Waals surface area contributed by atoms with Crippen molar-refractivity contribution < 1.29 is 9.18 Å². The highest BCUT2D eigenvalue weighted by atomic mass is 19.1. The van der Waals surface area contributed by atoms with Gasteiger partial charge in [0, 0.05) is 18.8 Å². The molecule has 1 aliphatic carbocycles. The van der Waals surface area contributed by atoms with Crippen LogP contribution >= 0.6 is 0 Å². The van der Waals surface area contributed by atoms with Crippen LogP contribution in [0.4, 0.5) is 4.39 Å². The Balaban J connectivity index is 1.95. The predicted molar refractivity (Wildman–Crippen MR) is 103 cm³/mol. The van der Waals surface area contributed by atoms with Crippen LogP contribution in [-0.2, 0) is 16.8 Å². The third kappa shape index (κ3) is 2.62. The molecule has 0 radical (unpaired) electrons. The quantitative estimate of drug-likeness (QED) is 0.788. The summed E-state index contributed by atoms with van der Waals surface area (Å²) in [6.45, 7) is 6.14. The average Bonchev–Trinajstić information content (AvgIpc) is 2.80. The van der Waals surface area contributed by atoms with Crippen molar-refractivity contribution in [2.45, 2.75) is 39.2 Å². The molecule has 1 aliphatic heterocycles. The molecular weight excluding hydrogens is 343 g/mol. The number of fused-ring (bicyclic) bond motifs is 2. The summed E-state index contributed by atoms with van der Waals surface area (Å²) < 4.78 is 14.3. The first-order valence-corrected chi connectivity index (χ1v) is 9.02. The molecule has 1 spiro atoms. The molecule has 2 N–H and O–H groups in total. The lowest BCUT2D eigenvalue weighted by atomic mass is 9.65. The van der Waals surface area contributed by atoms with Crippen LogP contribution in [0.25, 0.3) is 11.1 Å². The fourth-order valence-corrected chi connectivity index (χ4v) is 4.39. The van der Waals surface area contributed by atoms with Gasteiger partial charge in [0.15, 0.2) is 11.5 Å². The SMILES string of the molecule is Cc1cnc(F)c(-c2ccc3c(c2)C2(CC(C)(C)C3)N=C(N)N(C)C2=O)c1. The highest BCUT2D eigenvalue weighted by Gasteiger charge is 2.54. The van der Waals surface area contributed by atoms with E-state index < -0.39 is 11.5 Å². The standard InChI is InChI=1S/C21H23FN4O/c1-12-7-15(17(22)24-10-12)13-5-6-14-9-20(2,3)11-21(16(14)8-13)18(27)26(4)19(23)25-21/h5-8,10H,9,11H2,1-4H3,(H2,23,25). The number of hydrogen-bond donors (Lipinski definition) is 1. The van der Waals surface area contributed by atoms with Gasteiger partial charge in [-0.2, -0.15) is 4.39 Å². The van der Waals surface area contributed by atoms with Crippen LogP contribution in [0.15, 0.2) is 35.5 Å². The minimum Gasteiger partial charge on any atom is -0.369 e. The number of carbonyl (C=O) groups excluding carboxylic acids is 1. The molecule has 1 amide bonds. The van der Waals surface area contributed by atoms with Gasteiger partial charge in [0.1, 0.15) is 0 Å². The van der Waals surface area contributed by atoms with Gasteiger partial charge in [0.05, 0.1) is 0 Å². The second-order valence-corrected chi connectivity index (χ2v) is 8.44. The molecule has 0 saturated heterocycles. The average molecular weight is 366 g/mol. The molecule has 0 saturated carbocycles. The molecule has 0 fully saturated rings. The second kappa shape index (κ2) is 5.62. The number of rotatable bonds is 1. The van der Waals surface area contributed by atoms with Crippen molar-refractivity contribution in [3.8, 4) is 11.1 Å². The molecule has 5 nitrogen and oxygen atoms in total. The number of aryl methyl sites for hydroxylation is 1. The van der Waals surface area contributed by atoms with Crippen LogP contribution in [0.2, 0.25) is 0 Å². The summed E-state index contributed by atoms with van der Waals surface area (Å²) in [7, 11) is 1.64. The van der Waals surface area contributed by atoms with E-state index >= 15 is 0 Å². The van der Waals surface area contributed by atoms with Crippen LogP contribution < -0.4 is 5.73 Å². The van der Waals surface area contributed by atoms with Crippen molar-refractivity contribution in [1.82, 2.24) is 9.88 Å². The Morgan fingerprint density at radius 3 is 2.67 bits per heavy atom. The number of carbonyl (C=O) groups is 1. The molecule has 2 heterocycles. The van der Waals surface area contributed by atoms with Gasteiger partial charge in [-0.3, -0.25) is 9.69 Å². The third-order valence-corrected chi connectivity index (χ3v) is 5.55. The van der Waals surface area contributed by atoms with Crippen LogP contribution in [0.1, 0.15) is 37.0 Å². The number of guanidine groups is 1. The molecule has 4 rings (SSSR count). The van der Waals surface area contributed by atoms with Crippen molar-refractivity contribution in [2.24, 2.45) is 16.1 Å². The van der Waals surface area contributed by atoms with Gasteiger partial charge in [-0.15, -0.1) is 0 Å². The Labute approximate surface area is 158 Å². The molecule has 1 atom stereocenters. The fourth-order valence-electron chi connectivity index (χ4n) is 4.39. The van der Waals surface area contributed by atoms with Crippen molar-refractivity contribution in [1.29, 1.82) is 0 Å². The van der Waals surface area contributed by atoms with E-state index in [1.165, 1.54) is 11.1 Å². The molecule has 6 heteroatoms. The molecule has 1 unspecified atom stereocenters. The number of amides is 1. The van der Waals surface area contributed by atoms with Gasteiger partial charge < -0.3 is 5.73 Å². The first-order chi connectivity index (χ1) is 12.6. The number of nitrogens with zero attached hydrogens (tertiary/aromatic N) is 3. The topological polar surface area (TPSA) is 71.6 Å². The second-order valence-electron chi connectivity index (χ2n) is 8.44. The molecule has 2 aromatic rings. The Bertz CT molecular complexity index is 998. The molecule has 140 valence electrons. The maximum absolute atomic E-state index is 14.3. The Kier molecular flexibility index (Phi) is 3.67. The van der Waals surface area contributed by atoms with E-state index in [-0.39, 0.29) is 17.3 Å². The van der Waals surface area contributed by atoms with E-state index in [2.05, 4.69) is 23.8 Å². The van der Waals surface area contributed by atoms with Gasteiger partial charge in [-0.25, -0.2) is 9.98 Å². The Morgan fingerprint density at radius 2 is 2.00 bits per heavy atom. The summed E-state index contributed by atoms with van der Waals surface area (Å²) >= 11 is 0. The lowest BCUT2D eigenvalue weighted by Gasteiger charge is -2.41. The lowest BCUT2D eigenvalue weighted by molar-refractivity contribution is -0.132. The van der Waals surface area contributed by atoms with Crippen LogP contribution in [0.3, 0.4) is 0 Å². The molecule has 1 aromatic carbocycles. The maximum Gasteiger partial charge on any atom is 0.261 e. The molecule has 27 heavy (non-hydrogen) atoms. The monoisotopic (exact) mass is 366 g/mol. The largest absolute Gasteiger partial charge is 0.369 e. The molecule has 2 aliphatic rings. The highest BCUT2D eigenvalue weighted by Crippen LogP contribution is 2.50. The minimum atomic E-state index is -1.04. The van der Waals surface area contributed by atoms with Gasteiger partial charge in [-0.05, 0) is 59.6 Å². The van der Waals surface area contributed by atoms with Crippen molar-refractivity contribution in [3.05, 3.63) is 53.1 Å². The number of pyridine rings is 1. The summed E-state index contributed by atoms with van der Waals surface area (Å²) in [5, 5.41) is 0. The number of benzene rings is 1. The van der Waals surface area contributed by atoms with E-state index in [0.29, 0.717) is 17.5 Å². The summed E-state index contributed by atoms with van der Waals surface area (Å²) in [6.07, 6.45) is 2.89. The van der Waals surface area contributed by atoms with E-state index in [4.69, 9.17) is 5.73 Å². The number of aromatic nitrogens is 1. The third-order valence-electron chi connectivity index (χ3n) is 5.55. The van der Waals surface area contributed by atoms with Crippen molar-refractivity contribution in [2.75, 3.05) is 7.05 Å². The zero-order chi connectivity index (χ0) is 19.6. The van der Waals surface area contributed by atoms with Crippen molar-refractivity contribution >= 4 is 11.9 Å². The first kappa shape index (κ1) is 17.6. The summed E-state index contributed by atoms with van der Waals surface area (Å²) in [4.78, 5) is 23.0. The normalized spacial score (nSPS) is 23.5. The van der Waals surface area contributed by atoms with E-state index in [1.54, 1.807) is 13.1 Å². The Morgan fingerprint density at radius 1 is 1.26 bits per heavy atom. The number of hydrogen-bond acceptors (Lipinski definition) is 4. The summed E-state index contributed by atoms with van der Waals surface area (Å²) in [5.41, 5.74) is 8.71. The summed E-state index contributed by atoms with van der Waals surface area (Å²) in [6, 6.07) is 7.53. The van der Waals surface area contributed by atoms with Gasteiger partial charge in [0.25, 0.3) is 5.91 Å². The van der Waals surface area contributed by atoms with E-state index in [0.717, 1.165) is 23.1 Å². The van der Waals surface area contributed by atoms with Crippen LogP contribution in [0.5, 0.6) is 0 Å². The molecular formula is C21H23FN4O. The van der Waals surface area contributed by atoms with Gasteiger partial charge in [0.2, 0.25) is 5.95 Å². The van der Waals surface area contributed by atoms with Gasteiger partial charge in [-0.1, -0.05) is 26.0 Å². The van der Waals surface area contributed by atoms with Gasteiger partial charge >= 0.3 is 0 Å². The van der Waals surface area contributed by atoms with Crippen molar-refractivity contribution in [3.63, 3.8) is 0 Å². The minimum absolute atomic E-state index is 0.102. The number of likely N-dealkylation sites (N-methyl/N-ethyl adjacent to an activating group) is 1. The zero-order valence-corrected chi connectivity index (χ0v) is 16.0. The maximum atomic E-state index is 14.3. The predicted octanol–water partition coefficient (Wildman–Crippen LogP) is 3.15. The summed E-state index contributed by atoms with van der Waals surface area (Å²) in [5.74, 6) is -0.435. The lowest BCUT2D eigenvalue weighted by Crippen LogP contribution is -2.46. The number of halogens is 1. The fraction of sp³-hybridized carbons (Fsp3) is 0.381. The highest BCUT2D eigenvalue weighted by molar-refractivity contribution is 6.07. The first-order valence-electron chi connectivity index (χ1n) is 9.02. The smallest absolute Gasteiger partial charge is 0.261 e. The van der Waals surface area contributed by atoms with E-state index in [9.17, 15) is 9.18 Å².